The second-order valence-corrected chi connectivity index (χ2v) is 7.53. The van der Waals surface area contributed by atoms with Crippen molar-refractivity contribution in [1.29, 1.82) is 0 Å². The van der Waals surface area contributed by atoms with Crippen molar-refractivity contribution in [2.45, 2.75) is 12.6 Å². The lowest BCUT2D eigenvalue weighted by atomic mass is 10.0. The summed E-state index contributed by atoms with van der Waals surface area (Å²) in [6.07, 6.45) is 5.65. The molecule has 0 aliphatic carbocycles. The Kier molecular flexibility index (Phi) is 9.92. The molecule has 1 saturated heterocycles. The maximum Gasteiger partial charge on any atom is 0.142 e. The Morgan fingerprint density at radius 2 is 1.85 bits per heavy atom. The van der Waals surface area contributed by atoms with Crippen LogP contribution in [0.4, 0.5) is 10.2 Å². The van der Waals surface area contributed by atoms with Crippen LogP contribution in [0.15, 0.2) is 73.4 Å². The maximum absolute atomic E-state index is 12.1. The molecule has 1 fully saturated rings. The van der Waals surface area contributed by atoms with E-state index in [1.54, 1.807) is 24.3 Å². The average Bonchev–Trinajstić information content (AvgIpc) is 3.39. The molecule has 0 saturated carbocycles. The van der Waals surface area contributed by atoms with E-state index in [2.05, 4.69) is 11.6 Å². The van der Waals surface area contributed by atoms with Crippen LogP contribution in [0, 0.1) is 0 Å². The number of nitrogens with zero attached hydrogens (tertiary/aromatic N) is 1. The number of nitrogens with two attached hydrogens (primary N) is 2. The fraction of sp³-hybridized carbons (Fsp3) is 0.192. The van der Waals surface area contributed by atoms with Gasteiger partial charge < -0.3 is 26.5 Å². The van der Waals surface area contributed by atoms with E-state index >= 15 is 0 Å². The van der Waals surface area contributed by atoms with Crippen LogP contribution in [0.1, 0.15) is 17.5 Å². The molecule has 1 aliphatic heterocycles. The van der Waals surface area contributed by atoms with Gasteiger partial charge in [-0.15, -0.1) is 0 Å². The number of aromatic nitrogens is 1. The summed E-state index contributed by atoms with van der Waals surface area (Å²) in [5.74, 6) is 0.684. The minimum Gasteiger partial charge on any atom is -0.507 e. The number of H-pyrrole nitrogens is 1. The average molecular weight is 451 g/mol. The molecule has 174 valence electrons. The van der Waals surface area contributed by atoms with E-state index in [0.717, 1.165) is 29.7 Å². The van der Waals surface area contributed by atoms with Gasteiger partial charge in [-0.2, -0.15) is 0 Å². The molecule has 33 heavy (non-hydrogen) atoms. The predicted molar refractivity (Wildman–Crippen MR) is 134 cm³/mol. The number of phenolic OH excluding ortho intramolecular Hbond substituents is 1. The Balaban J connectivity index is 0.000000290. The number of nitrogens with one attached hydrogen (secondary N) is 1. The molecule has 6 N–H and O–H groups in total. The summed E-state index contributed by atoms with van der Waals surface area (Å²) < 4.78 is 12.1. The maximum atomic E-state index is 12.1. The molecule has 6 nitrogen and oxygen atoms in total. The van der Waals surface area contributed by atoms with E-state index in [1.807, 2.05) is 54.5 Å². The van der Waals surface area contributed by atoms with E-state index in [9.17, 15) is 9.50 Å². The Morgan fingerprint density at radius 1 is 1.21 bits per heavy atom. The zero-order valence-corrected chi connectivity index (χ0v) is 18.7. The van der Waals surface area contributed by atoms with E-state index in [1.165, 1.54) is 6.08 Å². The Morgan fingerprint density at radius 3 is 2.36 bits per heavy atom. The number of carbonyl (C=O) groups excluding carboxylic acids is 1. The molecule has 1 aliphatic rings. The van der Waals surface area contributed by atoms with Gasteiger partial charge in [0.05, 0.1) is 0 Å². The van der Waals surface area contributed by atoms with Gasteiger partial charge in [-0.05, 0) is 43.3 Å². The van der Waals surface area contributed by atoms with Crippen LogP contribution in [0.3, 0.4) is 0 Å². The minimum atomic E-state index is -0.551. The van der Waals surface area contributed by atoms with E-state index in [0.29, 0.717) is 29.9 Å². The monoisotopic (exact) mass is 450 g/mol. The first-order valence-electron chi connectivity index (χ1n) is 10.5. The molecular formula is C26H31FN4O2. The second kappa shape index (κ2) is 12.9. The van der Waals surface area contributed by atoms with Crippen LogP contribution in [0.5, 0.6) is 5.75 Å². The fourth-order valence-corrected chi connectivity index (χ4v) is 3.29. The second-order valence-electron chi connectivity index (χ2n) is 7.53. The van der Waals surface area contributed by atoms with Crippen LogP contribution in [-0.2, 0) is 4.79 Å². The number of carbonyl (C=O) groups is 1. The number of hydrogen-bond acceptors (Lipinski definition) is 5. The normalized spacial score (nSPS) is 15.6. The molecule has 0 radical (unpaired) electrons. The summed E-state index contributed by atoms with van der Waals surface area (Å²) in [6.45, 7) is 4.68. The number of aldehydes is 1. The summed E-state index contributed by atoms with van der Waals surface area (Å²) in [6, 6.07) is 16.9. The first kappa shape index (κ1) is 25.4. The summed E-state index contributed by atoms with van der Waals surface area (Å²) >= 11 is 0. The largest absolute Gasteiger partial charge is 0.507 e. The van der Waals surface area contributed by atoms with Crippen molar-refractivity contribution < 1.29 is 14.3 Å². The van der Waals surface area contributed by atoms with Crippen molar-refractivity contribution in [2.75, 3.05) is 25.9 Å². The third-order valence-electron chi connectivity index (χ3n) is 4.98. The molecule has 1 atom stereocenters. The van der Waals surface area contributed by atoms with Crippen molar-refractivity contribution in [3.63, 3.8) is 0 Å². The van der Waals surface area contributed by atoms with Crippen molar-refractivity contribution in [1.82, 2.24) is 9.88 Å². The predicted octanol–water partition coefficient (Wildman–Crippen LogP) is 4.46. The molecule has 1 aromatic heterocycles. The number of rotatable bonds is 4. The number of allylic oxidation sites excluding steroid dienone is 1. The van der Waals surface area contributed by atoms with Gasteiger partial charge in [0, 0.05) is 41.7 Å². The number of halogens is 1. The van der Waals surface area contributed by atoms with E-state index < -0.39 is 6.17 Å². The van der Waals surface area contributed by atoms with Crippen LogP contribution < -0.4 is 11.5 Å². The van der Waals surface area contributed by atoms with Gasteiger partial charge >= 0.3 is 0 Å². The number of alkyl halides is 1. The Bertz CT molecular complexity index is 1050. The van der Waals surface area contributed by atoms with Gasteiger partial charge in [0.2, 0.25) is 0 Å². The van der Waals surface area contributed by atoms with Crippen LogP contribution in [0.2, 0.25) is 0 Å². The molecular weight excluding hydrogens is 419 g/mol. The van der Waals surface area contributed by atoms with Crippen molar-refractivity contribution in [3.8, 4) is 16.9 Å². The molecule has 0 amide bonds. The quantitative estimate of drug-likeness (QED) is 0.347. The summed E-state index contributed by atoms with van der Waals surface area (Å²) in [5.41, 5.74) is 16.0. The number of nitrogen functional groups attached to an aromatic ring is 1. The van der Waals surface area contributed by atoms with Crippen LogP contribution in [0.25, 0.3) is 22.9 Å². The van der Waals surface area contributed by atoms with Gasteiger partial charge in [-0.1, -0.05) is 49.0 Å². The summed E-state index contributed by atoms with van der Waals surface area (Å²) in [5, 5.41) is 9.91. The standard InChI is InChI=1S/C18H17N3O.C5H10FN.C3H4O/c19-16(13-8-4-5-9-17(13)22)10-14-15(11-21-18(14)20)12-6-2-1-3-7-12;1-7-3-2-5(6)4-7;1-2-3-4/h1-11,21-22H,19-20H2;5H,2-4H2,1H3;2-3H,1H2/b16-10-;;. The minimum absolute atomic E-state index is 0.145. The lowest BCUT2D eigenvalue weighted by molar-refractivity contribution is -0.104. The highest BCUT2D eigenvalue weighted by atomic mass is 19.1. The number of phenols is 1. The van der Waals surface area contributed by atoms with Crippen molar-refractivity contribution in [2.24, 2.45) is 5.73 Å². The van der Waals surface area contributed by atoms with Gasteiger partial charge in [0.25, 0.3) is 0 Å². The number of anilines is 1. The van der Waals surface area contributed by atoms with Crippen molar-refractivity contribution >= 4 is 23.9 Å². The lowest BCUT2D eigenvalue weighted by Crippen LogP contribution is -2.13. The third-order valence-corrected chi connectivity index (χ3v) is 4.98. The Labute approximate surface area is 194 Å². The number of para-hydroxylation sites is 1. The Hall–Kier alpha value is -3.84. The zero-order valence-electron chi connectivity index (χ0n) is 18.7. The van der Waals surface area contributed by atoms with Gasteiger partial charge in [0.15, 0.2) is 0 Å². The van der Waals surface area contributed by atoms with E-state index in [-0.39, 0.29) is 5.75 Å². The van der Waals surface area contributed by atoms with E-state index in [4.69, 9.17) is 16.3 Å². The molecule has 4 rings (SSSR count). The molecule has 0 bridgehead atoms. The number of likely N-dealkylation sites (tertiary alicyclic amines) is 1. The fourth-order valence-electron chi connectivity index (χ4n) is 3.29. The van der Waals surface area contributed by atoms with Crippen LogP contribution in [-0.4, -0.2) is 47.6 Å². The number of aromatic amines is 1. The first-order chi connectivity index (χ1) is 15.9. The molecule has 3 aromatic rings. The number of benzene rings is 2. The zero-order chi connectivity index (χ0) is 24.2. The summed E-state index contributed by atoms with van der Waals surface area (Å²) in [4.78, 5) is 14.1. The smallest absolute Gasteiger partial charge is 0.142 e. The first-order valence-corrected chi connectivity index (χ1v) is 10.5. The molecule has 2 aromatic carbocycles. The topological polar surface area (TPSA) is 108 Å². The van der Waals surface area contributed by atoms with Gasteiger partial charge in [-0.3, -0.25) is 4.79 Å². The van der Waals surface area contributed by atoms with Gasteiger partial charge in [-0.25, -0.2) is 4.39 Å². The molecule has 1 unspecified atom stereocenters. The highest BCUT2D eigenvalue weighted by Gasteiger charge is 2.17. The third kappa shape index (κ3) is 7.66. The highest BCUT2D eigenvalue weighted by molar-refractivity contribution is 5.90. The SMILES string of the molecule is C=CC=O.CN1CCC(F)C1.N/C(=C\c1c(-c2ccccc2)c[nH]c1N)c1ccccc1O. The number of aromatic hydroxyl groups is 1. The molecule has 0 spiro atoms. The van der Waals surface area contributed by atoms with Crippen LogP contribution >= 0.6 is 0 Å². The molecule has 7 heteroatoms. The molecule has 2 heterocycles. The van der Waals surface area contributed by atoms with Gasteiger partial charge in [0.1, 0.15) is 24.0 Å². The number of hydrogen-bond donors (Lipinski definition) is 4. The summed E-state index contributed by atoms with van der Waals surface area (Å²) in [7, 11) is 1.94. The highest BCUT2D eigenvalue weighted by Crippen LogP contribution is 2.31. The lowest BCUT2D eigenvalue weighted by Gasteiger charge is -2.06. The van der Waals surface area contributed by atoms with Crippen molar-refractivity contribution in [3.05, 3.63) is 84.6 Å².